The van der Waals surface area contributed by atoms with E-state index in [-0.39, 0.29) is 0 Å². The number of hydrogen-bond donors (Lipinski definition) is 0. The lowest BCUT2D eigenvalue weighted by Crippen LogP contribution is -1.95. The molecule has 0 fully saturated rings. The zero-order valence-electron chi connectivity index (χ0n) is 10.2. The number of nitrogens with zero attached hydrogens (tertiary/aromatic N) is 1. The molecule has 4 heteroatoms. The lowest BCUT2D eigenvalue weighted by atomic mass is 10.1. The van der Waals surface area contributed by atoms with Crippen LogP contribution in [0.2, 0.25) is 0 Å². The van der Waals surface area contributed by atoms with Crippen LogP contribution in [0.3, 0.4) is 0 Å². The average molecular weight is 290 g/mol. The van der Waals surface area contributed by atoms with Crippen molar-refractivity contribution in [2.45, 2.75) is 12.5 Å². The molecule has 3 rings (SSSR count). The fourth-order valence-corrected chi connectivity index (χ4v) is 2.87. The molecule has 0 aliphatic carbocycles. The van der Waals surface area contributed by atoms with Gasteiger partial charge in [-0.05, 0) is 11.5 Å². The summed E-state index contributed by atoms with van der Waals surface area (Å²) in [6.07, 6.45) is 0. The van der Waals surface area contributed by atoms with Crippen molar-refractivity contribution in [3.05, 3.63) is 58.5 Å². The molecule has 0 unspecified atom stereocenters. The first kappa shape index (κ1) is 12.5. The molecule has 1 heterocycles. The number of rotatable bonds is 4. The van der Waals surface area contributed by atoms with Crippen LogP contribution in [-0.4, -0.2) is 4.98 Å². The fraction of sp³-hybridized carbons (Fsp3) is 0.133. The second-order valence-electron chi connectivity index (χ2n) is 4.13. The largest absolute Gasteiger partial charge is 0.486 e. The Bertz CT molecular complexity index is 690. The predicted octanol–water partition coefficient (Wildman–Crippen LogP) is 4.61. The van der Waals surface area contributed by atoms with Crippen LogP contribution in [0.4, 0.5) is 0 Å². The van der Waals surface area contributed by atoms with Crippen molar-refractivity contribution in [1.82, 2.24) is 4.98 Å². The molecule has 0 radical (unpaired) electrons. The first-order valence-corrected chi connectivity index (χ1v) is 7.38. The smallest absolute Gasteiger partial charge is 0.140 e. The van der Waals surface area contributed by atoms with Crippen molar-refractivity contribution in [1.29, 1.82) is 0 Å². The van der Waals surface area contributed by atoms with Gasteiger partial charge in [-0.15, -0.1) is 22.9 Å². The number of alkyl halides is 1. The molecular weight excluding hydrogens is 278 g/mol. The maximum absolute atomic E-state index is 5.87. The van der Waals surface area contributed by atoms with E-state index in [1.54, 1.807) is 11.3 Å². The minimum absolute atomic E-state index is 0.449. The van der Waals surface area contributed by atoms with E-state index in [4.69, 9.17) is 16.3 Å². The number of benzene rings is 2. The molecule has 0 saturated carbocycles. The Morgan fingerprint density at radius 2 is 1.95 bits per heavy atom. The summed E-state index contributed by atoms with van der Waals surface area (Å²) in [5, 5.41) is 5.22. The van der Waals surface area contributed by atoms with E-state index in [1.165, 1.54) is 5.39 Å². The first-order chi connectivity index (χ1) is 9.36. The van der Waals surface area contributed by atoms with E-state index < -0.39 is 0 Å². The van der Waals surface area contributed by atoms with Crippen molar-refractivity contribution < 1.29 is 4.74 Å². The van der Waals surface area contributed by atoms with Crippen LogP contribution in [-0.2, 0) is 12.5 Å². The zero-order chi connectivity index (χ0) is 13.1. The Kier molecular flexibility index (Phi) is 3.67. The van der Waals surface area contributed by atoms with Crippen molar-refractivity contribution in [3.8, 4) is 5.75 Å². The molecule has 0 atom stereocenters. The summed E-state index contributed by atoms with van der Waals surface area (Å²) < 4.78 is 5.87. The summed E-state index contributed by atoms with van der Waals surface area (Å²) in [6.45, 7) is 0.482. The van der Waals surface area contributed by atoms with Gasteiger partial charge in [-0.3, -0.25) is 0 Å². The van der Waals surface area contributed by atoms with Crippen molar-refractivity contribution in [2.24, 2.45) is 0 Å². The summed E-state index contributed by atoms with van der Waals surface area (Å²) in [7, 11) is 0. The highest BCUT2D eigenvalue weighted by molar-refractivity contribution is 7.09. The Morgan fingerprint density at radius 3 is 2.79 bits per heavy atom. The monoisotopic (exact) mass is 289 g/mol. The van der Waals surface area contributed by atoms with Crippen LogP contribution in [0.5, 0.6) is 5.75 Å². The van der Waals surface area contributed by atoms with Gasteiger partial charge in [0.15, 0.2) is 0 Å². The zero-order valence-corrected chi connectivity index (χ0v) is 11.7. The SMILES string of the molecule is ClCc1csc(COc2cccc3ccccc23)n1. The van der Waals surface area contributed by atoms with Crippen LogP contribution >= 0.6 is 22.9 Å². The van der Waals surface area contributed by atoms with E-state index in [1.807, 2.05) is 29.6 Å². The number of fused-ring (bicyclic) bond motifs is 1. The summed E-state index contributed by atoms with van der Waals surface area (Å²) in [4.78, 5) is 4.39. The summed E-state index contributed by atoms with van der Waals surface area (Å²) in [5.74, 6) is 1.34. The van der Waals surface area contributed by atoms with Crippen LogP contribution in [0.15, 0.2) is 47.8 Å². The molecular formula is C15H12ClNOS. The molecule has 19 heavy (non-hydrogen) atoms. The molecule has 0 N–H and O–H groups in total. The average Bonchev–Trinajstić information content (AvgIpc) is 2.93. The quantitative estimate of drug-likeness (QED) is 0.654. The molecule has 3 aromatic rings. The summed E-state index contributed by atoms with van der Waals surface area (Å²) in [5.41, 5.74) is 0.906. The Hall–Kier alpha value is -1.58. The Labute approximate surface area is 120 Å². The first-order valence-electron chi connectivity index (χ1n) is 5.96. The van der Waals surface area contributed by atoms with Gasteiger partial charge >= 0.3 is 0 Å². The lowest BCUT2D eigenvalue weighted by molar-refractivity contribution is 0.309. The van der Waals surface area contributed by atoms with E-state index in [2.05, 4.69) is 23.2 Å². The molecule has 0 amide bonds. The van der Waals surface area contributed by atoms with Gasteiger partial charge in [0, 0.05) is 10.8 Å². The van der Waals surface area contributed by atoms with Gasteiger partial charge in [0.05, 0.1) is 11.6 Å². The maximum Gasteiger partial charge on any atom is 0.140 e. The third-order valence-corrected chi connectivity index (χ3v) is 3.98. The molecule has 2 aromatic carbocycles. The molecule has 0 spiro atoms. The Morgan fingerprint density at radius 1 is 1.11 bits per heavy atom. The van der Waals surface area contributed by atoms with Gasteiger partial charge in [-0.1, -0.05) is 36.4 Å². The highest BCUT2D eigenvalue weighted by Gasteiger charge is 2.04. The van der Waals surface area contributed by atoms with Crippen LogP contribution < -0.4 is 4.74 Å². The normalized spacial score (nSPS) is 10.8. The van der Waals surface area contributed by atoms with Gasteiger partial charge in [-0.2, -0.15) is 0 Å². The highest BCUT2D eigenvalue weighted by atomic mass is 35.5. The molecule has 0 saturated heterocycles. The fourth-order valence-electron chi connectivity index (χ4n) is 1.94. The van der Waals surface area contributed by atoms with E-state index >= 15 is 0 Å². The molecule has 96 valence electrons. The minimum atomic E-state index is 0.449. The Balaban J connectivity index is 1.81. The maximum atomic E-state index is 5.87. The van der Waals surface area contributed by atoms with E-state index in [0.717, 1.165) is 21.8 Å². The van der Waals surface area contributed by atoms with Crippen LogP contribution in [0.1, 0.15) is 10.7 Å². The van der Waals surface area contributed by atoms with E-state index in [9.17, 15) is 0 Å². The van der Waals surface area contributed by atoms with Crippen molar-refractivity contribution in [2.75, 3.05) is 0 Å². The third kappa shape index (κ3) is 2.72. The van der Waals surface area contributed by atoms with Crippen molar-refractivity contribution in [3.63, 3.8) is 0 Å². The van der Waals surface area contributed by atoms with Gasteiger partial charge in [-0.25, -0.2) is 4.98 Å². The molecule has 0 bridgehead atoms. The number of ether oxygens (including phenoxy) is 1. The molecule has 0 aliphatic heterocycles. The van der Waals surface area contributed by atoms with Crippen LogP contribution in [0.25, 0.3) is 10.8 Å². The topological polar surface area (TPSA) is 22.1 Å². The van der Waals surface area contributed by atoms with E-state index in [0.29, 0.717) is 12.5 Å². The second-order valence-corrected chi connectivity index (χ2v) is 5.34. The van der Waals surface area contributed by atoms with Crippen LogP contribution in [0, 0.1) is 0 Å². The predicted molar refractivity (Wildman–Crippen MR) is 80.0 cm³/mol. The summed E-state index contributed by atoms with van der Waals surface area (Å²) in [6, 6.07) is 14.3. The van der Waals surface area contributed by atoms with Gasteiger partial charge in [0.25, 0.3) is 0 Å². The third-order valence-electron chi connectivity index (χ3n) is 2.84. The molecule has 0 aliphatic rings. The number of halogens is 1. The number of hydrogen-bond acceptors (Lipinski definition) is 3. The summed E-state index contributed by atoms with van der Waals surface area (Å²) >= 11 is 7.32. The second kappa shape index (κ2) is 5.59. The standard InChI is InChI=1S/C15H12ClNOS/c16-8-12-10-19-15(17-12)9-18-14-7-3-5-11-4-1-2-6-13(11)14/h1-7,10H,8-9H2. The van der Waals surface area contributed by atoms with Gasteiger partial charge in [0.2, 0.25) is 0 Å². The molecule has 2 nitrogen and oxygen atoms in total. The number of aromatic nitrogens is 1. The van der Waals surface area contributed by atoms with Gasteiger partial charge < -0.3 is 4.74 Å². The lowest BCUT2D eigenvalue weighted by Gasteiger charge is -2.07. The van der Waals surface area contributed by atoms with Gasteiger partial charge in [0.1, 0.15) is 17.4 Å². The number of thiazole rings is 1. The minimum Gasteiger partial charge on any atom is -0.486 e. The highest BCUT2D eigenvalue weighted by Crippen LogP contribution is 2.26. The van der Waals surface area contributed by atoms with Crippen molar-refractivity contribution >= 4 is 33.7 Å². The molecule has 1 aromatic heterocycles.